The minimum absolute atomic E-state index is 0.0161. The van der Waals surface area contributed by atoms with Crippen molar-refractivity contribution in [2.75, 3.05) is 6.54 Å². The molecule has 2 rings (SSSR count). The molecule has 1 aliphatic carbocycles. The average molecular weight is 192 g/mol. The van der Waals surface area contributed by atoms with Gasteiger partial charge in [-0.15, -0.1) is 0 Å². The molecular formula is C11H16N2O. The zero-order chi connectivity index (χ0) is 10.2. The number of aromatic nitrogens is 1. The summed E-state index contributed by atoms with van der Waals surface area (Å²) in [6.45, 7) is 2.59. The lowest BCUT2D eigenvalue weighted by Gasteiger charge is -2.45. The number of rotatable bonds is 2. The monoisotopic (exact) mass is 192 g/mol. The fraction of sp³-hybridized carbons (Fsp3) is 0.545. The van der Waals surface area contributed by atoms with Gasteiger partial charge in [0.05, 0.1) is 6.10 Å². The third kappa shape index (κ3) is 1.33. The fourth-order valence-electron chi connectivity index (χ4n) is 2.38. The first-order chi connectivity index (χ1) is 6.68. The van der Waals surface area contributed by atoms with Crippen molar-refractivity contribution in [2.45, 2.75) is 31.3 Å². The Balaban J connectivity index is 2.34. The molecule has 0 radical (unpaired) electrons. The third-order valence-corrected chi connectivity index (χ3v) is 3.22. The average Bonchev–Trinajstić information content (AvgIpc) is 2.14. The molecule has 1 heterocycles. The summed E-state index contributed by atoms with van der Waals surface area (Å²) in [5.41, 5.74) is 8.01. The van der Waals surface area contributed by atoms with Crippen molar-refractivity contribution in [3.05, 3.63) is 29.6 Å². The number of aliphatic hydroxyl groups is 1. The summed E-state index contributed by atoms with van der Waals surface area (Å²) < 4.78 is 0. The molecule has 0 spiro atoms. The number of pyridine rings is 1. The molecule has 76 valence electrons. The number of nitrogens with zero attached hydrogens (tertiary/aromatic N) is 1. The summed E-state index contributed by atoms with van der Waals surface area (Å²) in [4.78, 5) is 4.26. The van der Waals surface area contributed by atoms with Gasteiger partial charge in [-0.2, -0.15) is 0 Å². The highest BCUT2D eigenvalue weighted by Gasteiger charge is 2.44. The van der Waals surface area contributed by atoms with Crippen LogP contribution in [0.2, 0.25) is 0 Å². The lowest BCUT2D eigenvalue weighted by atomic mass is 9.62. The van der Waals surface area contributed by atoms with Gasteiger partial charge in [-0.05, 0) is 31.4 Å². The molecule has 0 aromatic carbocycles. The van der Waals surface area contributed by atoms with Crippen molar-refractivity contribution in [2.24, 2.45) is 5.73 Å². The topological polar surface area (TPSA) is 59.1 Å². The van der Waals surface area contributed by atoms with E-state index in [-0.39, 0.29) is 11.5 Å². The molecule has 3 N–H and O–H groups in total. The van der Waals surface area contributed by atoms with Crippen LogP contribution in [0.15, 0.2) is 18.3 Å². The van der Waals surface area contributed by atoms with Crippen LogP contribution in [0.1, 0.15) is 24.1 Å². The second-order valence-electron chi connectivity index (χ2n) is 4.18. The van der Waals surface area contributed by atoms with Gasteiger partial charge >= 0.3 is 0 Å². The van der Waals surface area contributed by atoms with Gasteiger partial charge in [0.2, 0.25) is 0 Å². The van der Waals surface area contributed by atoms with Gasteiger partial charge in [0.15, 0.2) is 0 Å². The van der Waals surface area contributed by atoms with E-state index in [1.54, 1.807) is 6.20 Å². The van der Waals surface area contributed by atoms with E-state index < -0.39 is 0 Å². The highest BCUT2D eigenvalue weighted by Crippen LogP contribution is 2.43. The minimum Gasteiger partial charge on any atom is -0.393 e. The van der Waals surface area contributed by atoms with Crippen LogP contribution < -0.4 is 5.73 Å². The number of hydrogen-bond donors (Lipinski definition) is 2. The molecule has 0 bridgehead atoms. The molecule has 1 aromatic heterocycles. The van der Waals surface area contributed by atoms with Gasteiger partial charge in [-0.3, -0.25) is 4.98 Å². The molecule has 1 saturated carbocycles. The van der Waals surface area contributed by atoms with E-state index in [0.717, 1.165) is 18.5 Å². The Morgan fingerprint density at radius 3 is 2.86 bits per heavy atom. The van der Waals surface area contributed by atoms with E-state index in [2.05, 4.69) is 11.1 Å². The van der Waals surface area contributed by atoms with Crippen LogP contribution in [0.4, 0.5) is 0 Å². The van der Waals surface area contributed by atoms with Crippen molar-refractivity contribution in [1.82, 2.24) is 4.98 Å². The summed E-state index contributed by atoms with van der Waals surface area (Å²) in [6, 6.07) is 4.01. The molecule has 1 aromatic rings. The molecule has 0 aliphatic heterocycles. The Morgan fingerprint density at radius 2 is 2.36 bits per heavy atom. The second-order valence-corrected chi connectivity index (χ2v) is 4.18. The summed E-state index contributed by atoms with van der Waals surface area (Å²) in [7, 11) is 0. The quantitative estimate of drug-likeness (QED) is 0.726. The van der Waals surface area contributed by atoms with Crippen molar-refractivity contribution < 1.29 is 5.11 Å². The minimum atomic E-state index is -0.182. The Bertz CT molecular complexity index is 332. The Labute approximate surface area is 84.0 Å². The third-order valence-electron chi connectivity index (χ3n) is 3.22. The predicted octanol–water partition coefficient (Wildman–Crippen LogP) is 0.741. The van der Waals surface area contributed by atoms with E-state index in [1.165, 1.54) is 5.56 Å². The zero-order valence-corrected chi connectivity index (χ0v) is 8.40. The smallest absolute Gasteiger partial charge is 0.0558 e. The van der Waals surface area contributed by atoms with Gasteiger partial charge in [-0.25, -0.2) is 0 Å². The highest BCUT2D eigenvalue weighted by molar-refractivity contribution is 5.32. The SMILES string of the molecule is Cc1ncccc1C1(CN)CC(O)C1. The number of nitrogens with two attached hydrogens (primary N) is 1. The highest BCUT2D eigenvalue weighted by atomic mass is 16.3. The van der Waals surface area contributed by atoms with E-state index in [1.807, 2.05) is 13.0 Å². The lowest BCUT2D eigenvalue weighted by molar-refractivity contribution is 0.0217. The van der Waals surface area contributed by atoms with Crippen LogP contribution in [0.3, 0.4) is 0 Å². The largest absolute Gasteiger partial charge is 0.393 e. The predicted molar refractivity (Wildman–Crippen MR) is 54.9 cm³/mol. The first-order valence-corrected chi connectivity index (χ1v) is 4.98. The van der Waals surface area contributed by atoms with Crippen LogP contribution in [-0.2, 0) is 5.41 Å². The zero-order valence-electron chi connectivity index (χ0n) is 8.40. The summed E-state index contributed by atoms with van der Waals surface area (Å²) in [6.07, 6.45) is 3.16. The van der Waals surface area contributed by atoms with Crippen molar-refractivity contribution >= 4 is 0 Å². The normalized spacial score (nSPS) is 31.2. The number of aliphatic hydroxyl groups excluding tert-OH is 1. The van der Waals surface area contributed by atoms with E-state index in [0.29, 0.717) is 6.54 Å². The van der Waals surface area contributed by atoms with Crippen molar-refractivity contribution in [3.8, 4) is 0 Å². The second kappa shape index (κ2) is 3.33. The lowest BCUT2D eigenvalue weighted by Crippen LogP contribution is -2.50. The standard InChI is InChI=1S/C11H16N2O/c1-8-10(3-2-4-13-8)11(7-12)5-9(14)6-11/h2-4,9,14H,5-7,12H2,1H3. The Hall–Kier alpha value is -0.930. The van der Waals surface area contributed by atoms with E-state index in [9.17, 15) is 5.11 Å². The molecule has 0 unspecified atom stereocenters. The molecule has 3 heteroatoms. The molecule has 1 aliphatic rings. The maximum Gasteiger partial charge on any atom is 0.0558 e. The first-order valence-electron chi connectivity index (χ1n) is 4.98. The van der Waals surface area contributed by atoms with Crippen LogP contribution in [0.25, 0.3) is 0 Å². The maximum absolute atomic E-state index is 9.39. The molecular weight excluding hydrogens is 176 g/mol. The van der Waals surface area contributed by atoms with Gasteiger partial charge in [0, 0.05) is 23.9 Å². The van der Waals surface area contributed by atoms with Gasteiger partial charge < -0.3 is 10.8 Å². The van der Waals surface area contributed by atoms with Crippen LogP contribution >= 0.6 is 0 Å². The van der Waals surface area contributed by atoms with Gasteiger partial charge in [-0.1, -0.05) is 6.07 Å². The molecule has 1 fully saturated rings. The maximum atomic E-state index is 9.39. The van der Waals surface area contributed by atoms with Gasteiger partial charge in [0.25, 0.3) is 0 Å². The van der Waals surface area contributed by atoms with Crippen LogP contribution in [-0.4, -0.2) is 22.7 Å². The number of aryl methyl sites for hydroxylation is 1. The molecule has 0 saturated heterocycles. The molecule has 0 atom stereocenters. The van der Waals surface area contributed by atoms with Gasteiger partial charge in [0.1, 0.15) is 0 Å². The van der Waals surface area contributed by atoms with E-state index in [4.69, 9.17) is 5.73 Å². The number of hydrogen-bond acceptors (Lipinski definition) is 3. The molecule has 0 amide bonds. The van der Waals surface area contributed by atoms with E-state index >= 15 is 0 Å². The summed E-state index contributed by atoms with van der Waals surface area (Å²) in [5.74, 6) is 0. The summed E-state index contributed by atoms with van der Waals surface area (Å²) >= 11 is 0. The molecule has 3 nitrogen and oxygen atoms in total. The van der Waals surface area contributed by atoms with Crippen molar-refractivity contribution in [1.29, 1.82) is 0 Å². The first kappa shape index (κ1) is 9.62. The van der Waals surface area contributed by atoms with Crippen LogP contribution in [0, 0.1) is 6.92 Å². The Kier molecular flexibility index (Phi) is 2.29. The Morgan fingerprint density at radius 1 is 1.64 bits per heavy atom. The fourth-order valence-corrected chi connectivity index (χ4v) is 2.38. The van der Waals surface area contributed by atoms with Crippen LogP contribution in [0.5, 0.6) is 0 Å². The summed E-state index contributed by atoms with van der Waals surface area (Å²) in [5, 5.41) is 9.39. The molecule has 14 heavy (non-hydrogen) atoms. The van der Waals surface area contributed by atoms with Crippen molar-refractivity contribution in [3.63, 3.8) is 0 Å².